The average Bonchev–Trinajstić information content (AvgIpc) is 2.94. The maximum atomic E-state index is 13.5. The molecule has 3 aromatic rings. The minimum absolute atomic E-state index is 0.121. The second kappa shape index (κ2) is 6.66. The molecule has 1 heterocycles. The third-order valence-corrected chi connectivity index (χ3v) is 3.83. The zero-order chi connectivity index (χ0) is 18.9. The van der Waals surface area contributed by atoms with Crippen LogP contribution in [0.3, 0.4) is 0 Å². The monoisotopic (exact) mass is 366 g/mol. The molecular formula is C17H14F4N4O. The molecule has 0 aliphatic heterocycles. The van der Waals surface area contributed by atoms with Crippen LogP contribution >= 0.6 is 0 Å². The van der Waals surface area contributed by atoms with Crippen molar-refractivity contribution in [3.05, 3.63) is 59.5 Å². The number of aryl methyl sites for hydroxylation is 1. The highest BCUT2D eigenvalue weighted by Crippen LogP contribution is 2.31. The van der Waals surface area contributed by atoms with Crippen molar-refractivity contribution in [2.24, 2.45) is 7.05 Å². The molecule has 0 fully saturated rings. The van der Waals surface area contributed by atoms with E-state index in [1.54, 1.807) is 30.1 Å². The van der Waals surface area contributed by atoms with Gasteiger partial charge in [0.25, 0.3) is 0 Å². The van der Waals surface area contributed by atoms with E-state index in [1.165, 1.54) is 0 Å². The van der Waals surface area contributed by atoms with Gasteiger partial charge in [0, 0.05) is 19.0 Å². The number of anilines is 1. The third kappa shape index (κ3) is 3.61. The fourth-order valence-corrected chi connectivity index (χ4v) is 2.53. The van der Waals surface area contributed by atoms with Gasteiger partial charge in [0.2, 0.25) is 0 Å². The number of amides is 2. The van der Waals surface area contributed by atoms with Crippen LogP contribution in [0.1, 0.15) is 11.1 Å². The van der Waals surface area contributed by atoms with Crippen LogP contribution in [0.25, 0.3) is 10.9 Å². The van der Waals surface area contributed by atoms with E-state index in [1.807, 2.05) is 6.07 Å². The molecule has 1 aromatic heterocycles. The van der Waals surface area contributed by atoms with Gasteiger partial charge < -0.3 is 10.6 Å². The number of urea groups is 1. The lowest BCUT2D eigenvalue weighted by Crippen LogP contribution is -2.28. The summed E-state index contributed by atoms with van der Waals surface area (Å²) < 4.78 is 52.8. The van der Waals surface area contributed by atoms with E-state index in [0.29, 0.717) is 11.8 Å². The van der Waals surface area contributed by atoms with Gasteiger partial charge >= 0.3 is 12.2 Å². The topological polar surface area (TPSA) is 59.0 Å². The lowest BCUT2D eigenvalue weighted by molar-refractivity contribution is -0.140. The maximum Gasteiger partial charge on any atom is 0.419 e. The van der Waals surface area contributed by atoms with Crippen molar-refractivity contribution < 1.29 is 22.4 Å². The van der Waals surface area contributed by atoms with Gasteiger partial charge in [-0.25, -0.2) is 9.18 Å². The van der Waals surface area contributed by atoms with Crippen molar-refractivity contribution in [2.75, 3.05) is 5.32 Å². The highest BCUT2D eigenvalue weighted by atomic mass is 19.4. The molecule has 2 aromatic carbocycles. The number of fused-ring (bicyclic) bond motifs is 1. The van der Waals surface area contributed by atoms with E-state index in [2.05, 4.69) is 15.7 Å². The fraction of sp³-hybridized carbons (Fsp3) is 0.176. The molecule has 2 N–H and O–H groups in total. The second-order valence-corrected chi connectivity index (χ2v) is 5.63. The molecule has 0 saturated heterocycles. The van der Waals surface area contributed by atoms with E-state index < -0.39 is 23.6 Å². The smallest absolute Gasteiger partial charge is 0.334 e. The van der Waals surface area contributed by atoms with Crippen molar-refractivity contribution in [1.29, 1.82) is 0 Å². The molecule has 0 saturated carbocycles. The Bertz CT molecular complexity index is 965. The van der Waals surface area contributed by atoms with Crippen molar-refractivity contribution in [2.45, 2.75) is 12.7 Å². The molecule has 136 valence electrons. The van der Waals surface area contributed by atoms with E-state index in [0.717, 1.165) is 23.0 Å². The van der Waals surface area contributed by atoms with Gasteiger partial charge in [-0.05, 0) is 29.8 Å². The summed E-state index contributed by atoms with van der Waals surface area (Å²) in [6.07, 6.45) is -3.15. The number of hydrogen-bond acceptors (Lipinski definition) is 2. The van der Waals surface area contributed by atoms with Gasteiger partial charge in [0.1, 0.15) is 5.82 Å². The average molecular weight is 366 g/mol. The Morgan fingerprint density at radius 2 is 2.00 bits per heavy atom. The summed E-state index contributed by atoms with van der Waals surface area (Å²) in [5.41, 5.74) is 0.235. The summed E-state index contributed by atoms with van der Waals surface area (Å²) in [6, 6.07) is 7.25. The van der Waals surface area contributed by atoms with Gasteiger partial charge in [-0.3, -0.25) is 4.68 Å². The molecule has 0 aliphatic rings. The SMILES string of the molecule is Cn1ncc2c(NC(=O)NCc3ccc(C(F)(F)F)c(F)c3)cccc21. The number of hydrogen-bond donors (Lipinski definition) is 2. The maximum absolute atomic E-state index is 13.5. The van der Waals surface area contributed by atoms with Gasteiger partial charge in [-0.1, -0.05) is 12.1 Å². The summed E-state index contributed by atoms with van der Waals surface area (Å²) >= 11 is 0. The number of benzene rings is 2. The molecule has 0 radical (unpaired) electrons. The number of carbonyl (C=O) groups excluding carboxylic acids is 1. The summed E-state index contributed by atoms with van der Waals surface area (Å²) in [6.45, 7) is -0.121. The summed E-state index contributed by atoms with van der Waals surface area (Å²) in [5.74, 6) is -1.38. The van der Waals surface area contributed by atoms with Crippen molar-refractivity contribution in [1.82, 2.24) is 15.1 Å². The van der Waals surface area contributed by atoms with Gasteiger partial charge in [-0.15, -0.1) is 0 Å². The van der Waals surface area contributed by atoms with Crippen LogP contribution in [0.4, 0.5) is 28.0 Å². The number of nitrogens with zero attached hydrogens (tertiary/aromatic N) is 2. The molecule has 0 bridgehead atoms. The van der Waals surface area contributed by atoms with Crippen molar-refractivity contribution in [3.8, 4) is 0 Å². The first-order chi connectivity index (χ1) is 12.3. The molecule has 0 atom stereocenters. The number of rotatable bonds is 3. The van der Waals surface area contributed by atoms with Crippen LogP contribution in [-0.4, -0.2) is 15.8 Å². The van der Waals surface area contributed by atoms with Crippen LogP contribution in [0.15, 0.2) is 42.6 Å². The van der Waals surface area contributed by atoms with Crippen LogP contribution in [-0.2, 0) is 19.8 Å². The predicted octanol–water partition coefficient (Wildman–Crippen LogP) is 4.05. The highest BCUT2D eigenvalue weighted by Gasteiger charge is 2.33. The molecule has 0 aliphatic carbocycles. The first kappa shape index (κ1) is 17.7. The fourth-order valence-electron chi connectivity index (χ4n) is 2.53. The summed E-state index contributed by atoms with van der Waals surface area (Å²) in [5, 5.41) is 9.97. The lowest BCUT2D eigenvalue weighted by atomic mass is 10.1. The summed E-state index contributed by atoms with van der Waals surface area (Å²) in [4.78, 5) is 12.0. The first-order valence-electron chi connectivity index (χ1n) is 7.57. The van der Waals surface area contributed by atoms with Gasteiger partial charge in [0.15, 0.2) is 0 Å². The Morgan fingerprint density at radius 3 is 2.69 bits per heavy atom. The van der Waals surface area contributed by atoms with E-state index in [-0.39, 0.29) is 12.1 Å². The van der Waals surface area contributed by atoms with Crippen LogP contribution in [0.2, 0.25) is 0 Å². The van der Waals surface area contributed by atoms with E-state index >= 15 is 0 Å². The molecule has 0 spiro atoms. The highest BCUT2D eigenvalue weighted by molar-refractivity contribution is 6.00. The molecule has 3 rings (SSSR count). The Morgan fingerprint density at radius 1 is 1.23 bits per heavy atom. The quantitative estimate of drug-likeness (QED) is 0.687. The molecular weight excluding hydrogens is 352 g/mol. The van der Waals surface area contributed by atoms with Gasteiger partial charge in [-0.2, -0.15) is 18.3 Å². The lowest BCUT2D eigenvalue weighted by Gasteiger charge is -2.11. The van der Waals surface area contributed by atoms with Crippen molar-refractivity contribution >= 4 is 22.6 Å². The van der Waals surface area contributed by atoms with Crippen molar-refractivity contribution in [3.63, 3.8) is 0 Å². The van der Waals surface area contributed by atoms with Crippen LogP contribution < -0.4 is 10.6 Å². The van der Waals surface area contributed by atoms with E-state index in [9.17, 15) is 22.4 Å². The number of nitrogens with one attached hydrogen (secondary N) is 2. The molecule has 9 heteroatoms. The molecule has 0 unspecified atom stereocenters. The number of alkyl halides is 3. The second-order valence-electron chi connectivity index (χ2n) is 5.63. The van der Waals surface area contributed by atoms with Crippen LogP contribution in [0, 0.1) is 5.82 Å². The Labute approximate surface area is 145 Å². The molecule has 2 amide bonds. The zero-order valence-electron chi connectivity index (χ0n) is 13.6. The predicted molar refractivity (Wildman–Crippen MR) is 88.0 cm³/mol. The zero-order valence-corrected chi connectivity index (χ0v) is 13.6. The standard InChI is InChI=1S/C17H14F4N4O/c1-25-15-4-2-3-14(11(15)9-23-25)24-16(26)22-8-10-5-6-12(13(18)7-10)17(19,20)21/h2-7,9H,8H2,1H3,(H2,22,24,26). The Kier molecular flexibility index (Phi) is 4.54. The largest absolute Gasteiger partial charge is 0.419 e. The first-order valence-corrected chi connectivity index (χ1v) is 7.57. The molecule has 26 heavy (non-hydrogen) atoms. The van der Waals surface area contributed by atoms with Gasteiger partial charge in [0.05, 0.1) is 23.0 Å². The number of carbonyl (C=O) groups is 1. The Hall–Kier alpha value is -3.10. The summed E-state index contributed by atoms with van der Waals surface area (Å²) in [7, 11) is 1.77. The number of halogens is 4. The third-order valence-electron chi connectivity index (χ3n) is 3.83. The van der Waals surface area contributed by atoms with E-state index in [4.69, 9.17) is 0 Å². The number of aromatic nitrogens is 2. The van der Waals surface area contributed by atoms with Crippen LogP contribution in [0.5, 0.6) is 0 Å². The normalized spacial score (nSPS) is 11.6. The minimum Gasteiger partial charge on any atom is -0.334 e. The Balaban J connectivity index is 1.66. The molecule has 5 nitrogen and oxygen atoms in total. The minimum atomic E-state index is -4.75.